The van der Waals surface area contributed by atoms with Gasteiger partial charge in [-0.25, -0.2) is 4.68 Å². The van der Waals surface area contributed by atoms with Crippen LogP contribution in [0.3, 0.4) is 0 Å². The molecule has 3 heterocycles. The van der Waals surface area contributed by atoms with Gasteiger partial charge in [0.25, 0.3) is 0 Å². The molecule has 1 amide bonds. The Balaban J connectivity index is 1.24. The Bertz CT molecular complexity index is 1170. The number of hydrogen-bond acceptors (Lipinski definition) is 4. The lowest BCUT2D eigenvalue weighted by Crippen LogP contribution is -2.41. The molecule has 1 aliphatic rings. The highest BCUT2D eigenvalue weighted by Gasteiger charge is 2.26. The van der Waals surface area contributed by atoms with Crippen molar-refractivity contribution in [3.05, 3.63) is 89.7 Å². The topological polar surface area (TPSA) is 63.9 Å². The molecule has 0 unspecified atom stereocenters. The van der Waals surface area contributed by atoms with Gasteiger partial charge in [0.15, 0.2) is 0 Å². The summed E-state index contributed by atoms with van der Waals surface area (Å²) in [5.74, 6) is 0.358. The molecule has 31 heavy (non-hydrogen) atoms. The van der Waals surface area contributed by atoms with Crippen molar-refractivity contribution in [2.24, 2.45) is 0 Å². The first-order valence-electron chi connectivity index (χ1n) is 10.8. The van der Waals surface area contributed by atoms with Crippen LogP contribution in [-0.2, 0) is 17.8 Å². The van der Waals surface area contributed by atoms with E-state index >= 15 is 0 Å². The van der Waals surface area contributed by atoms with Gasteiger partial charge >= 0.3 is 0 Å². The Kier molecular flexibility index (Phi) is 5.44. The maximum absolute atomic E-state index is 13.0. The second kappa shape index (κ2) is 8.68. The lowest BCUT2D eigenvalue weighted by Gasteiger charge is -2.32. The number of amides is 1. The van der Waals surface area contributed by atoms with E-state index in [2.05, 4.69) is 46.7 Å². The molecule has 156 valence electrons. The van der Waals surface area contributed by atoms with Gasteiger partial charge in [0, 0.05) is 30.9 Å². The summed E-state index contributed by atoms with van der Waals surface area (Å²) in [7, 11) is 0. The highest BCUT2D eigenvalue weighted by atomic mass is 16.2. The lowest BCUT2D eigenvalue weighted by molar-refractivity contribution is -0.133. The van der Waals surface area contributed by atoms with Crippen molar-refractivity contribution in [2.75, 3.05) is 13.1 Å². The minimum atomic E-state index is 0.0843. The highest BCUT2D eigenvalue weighted by Crippen LogP contribution is 2.26. The standard InChI is InChI=1S/C25H25N5O/c31-25(18-30-24-11-5-4-10-23(24)27-28-30)29-14-6-9-21(17-29)22-13-12-20(16-26-22)15-19-7-2-1-3-8-19/h1-5,7-8,10-13,16,21H,6,9,14-15,17-18H2/t21-/m1/s1. The molecule has 0 saturated carbocycles. The van der Waals surface area contributed by atoms with E-state index < -0.39 is 0 Å². The average Bonchev–Trinajstić information content (AvgIpc) is 3.23. The lowest BCUT2D eigenvalue weighted by atomic mass is 9.93. The van der Waals surface area contributed by atoms with E-state index in [1.807, 2.05) is 41.4 Å². The van der Waals surface area contributed by atoms with Gasteiger partial charge in [0.2, 0.25) is 5.91 Å². The summed E-state index contributed by atoms with van der Waals surface area (Å²) >= 11 is 0. The molecule has 2 aromatic heterocycles. The number of nitrogens with zero attached hydrogens (tertiary/aromatic N) is 5. The summed E-state index contributed by atoms with van der Waals surface area (Å²) in [6.45, 7) is 1.71. The van der Waals surface area contributed by atoms with Gasteiger partial charge in [0.1, 0.15) is 12.1 Å². The van der Waals surface area contributed by atoms with Gasteiger partial charge in [-0.2, -0.15) is 0 Å². The van der Waals surface area contributed by atoms with Crippen LogP contribution in [0.5, 0.6) is 0 Å². The second-order valence-electron chi connectivity index (χ2n) is 8.17. The second-order valence-corrected chi connectivity index (χ2v) is 8.17. The fourth-order valence-electron chi connectivity index (χ4n) is 4.32. The fraction of sp³-hybridized carbons (Fsp3) is 0.280. The molecule has 0 spiro atoms. The normalized spacial score (nSPS) is 16.5. The summed E-state index contributed by atoms with van der Waals surface area (Å²) in [6, 6.07) is 22.4. The van der Waals surface area contributed by atoms with Gasteiger partial charge in [-0.15, -0.1) is 5.10 Å². The maximum Gasteiger partial charge on any atom is 0.244 e. The molecule has 0 aliphatic carbocycles. The number of hydrogen-bond donors (Lipinski definition) is 0. The number of carbonyl (C=O) groups excluding carboxylic acids is 1. The third-order valence-corrected chi connectivity index (χ3v) is 6.00. The number of benzene rings is 2. The quantitative estimate of drug-likeness (QED) is 0.501. The monoisotopic (exact) mass is 411 g/mol. The largest absolute Gasteiger partial charge is 0.340 e. The van der Waals surface area contributed by atoms with E-state index in [4.69, 9.17) is 4.98 Å². The summed E-state index contributed by atoms with van der Waals surface area (Å²) in [6.07, 6.45) is 4.91. The van der Waals surface area contributed by atoms with Crippen LogP contribution in [0.15, 0.2) is 72.9 Å². The number of carbonyl (C=O) groups is 1. The third-order valence-electron chi connectivity index (χ3n) is 6.00. The van der Waals surface area contributed by atoms with Crippen molar-refractivity contribution in [2.45, 2.75) is 31.7 Å². The molecule has 1 saturated heterocycles. The Labute approximate surface area is 181 Å². The van der Waals surface area contributed by atoms with Gasteiger partial charge in [0.05, 0.1) is 5.52 Å². The summed E-state index contributed by atoms with van der Waals surface area (Å²) in [5, 5.41) is 8.31. The summed E-state index contributed by atoms with van der Waals surface area (Å²) < 4.78 is 1.69. The predicted molar refractivity (Wildman–Crippen MR) is 120 cm³/mol. The molecular weight excluding hydrogens is 386 g/mol. The number of rotatable bonds is 5. The summed E-state index contributed by atoms with van der Waals surface area (Å²) in [5.41, 5.74) is 5.26. The Morgan fingerprint density at radius 1 is 0.968 bits per heavy atom. The van der Waals surface area contributed by atoms with E-state index in [1.165, 1.54) is 11.1 Å². The van der Waals surface area contributed by atoms with Crippen LogP contribution in [0.2, 0.25) is 0 Å². The number of pyridine rings is 1. The SMILES string of the molecule is O=C(Cn1nnc2ccccc21)N1CCC[C@@H](c2ccc(Cc3ccccc3)cn2)C1. The number of fused-ring (bicyclic) bond motifs is 1. The van der Waals surface area contributed by atoms with E-state index in [9.17, 15) is 4.79 Å². The van der Waals surface area contributed by atoms with Crippen molar-refractivity contribution >= 4 is 16.9 Å². The molecule has 0 radical (unpaired) electrons. The van der Waals surface area contributed by atoms with Crippen molar-refractivity contribution in [3.63, 3.8) is 0 Å². The Hall–Kier alpha value is -3.54. The van der Waals surface area contributed by atoms with Crippen LogP contribution < -0.4 is 0 Å². The Morgan fingerprint density at radius 3 is 2.65 bits per heavy atom. The van der Waals surface area contributed by atoms with Crippen molar-refractivity contribution in [1.29, 1.82) is 0 Å². The molecule has 4 aromatic rings. The van der Waals surface area contributed by atoms with Crippen LogP contribution in [0.1, 0.15) is 35.6 Å². The zero-order valence-electron chi connectivity index (χ0n) is 17.4. The van der Waals surface area contributed by atoms with E-state index in [-0.39, 0.29) is 18.4 Å². The van der Waals surface area contributed by atoms with Crippen LogP contribution in [-0.4, -0.2) is 43.9 Å². The van der Waals surface area contributed by atoms with E-state index in [0.29, 0.717) is 6.54 Å². The first-order chi connectivity index (χ1) is 15.3. The van der Waals surface area contributed by atoms with Crippen LogP contribution in [0.25, 0.3) is 11.0 Å². The zero-order chi connectivity index (χ0) is 21.0. The smallest absolute Gasteiger partial charge is 0.244 e. The molecule has 0 bridgehead atoms. The number of likely N-dealkylation sites (tertiary alicyclic amines) is 1. The molecule has 1 aliphatic heterocycles. The van der Waals surface area contributed by atoms with Crippen molar-refractivity contribution in [3.8, 4) is 0 Å². The average molecular weight is 412 g/mol. The minimum Gasteiger partial charge on any atom is -0.340 e. The van der Waals surface area contributed by atoms with E-state index in [1.54, 1.807) is 4.68 Å². The molecule has 5 rings (SSSR count). The number of piperidine rings is 1. The van der Waals surface area contributed by atoms with Crippen molar-refractivity contribution in [1.82, 2.24) is 24.9 Å². The molecule has 6 nitrogen and oxygen atoms in total. The molecule has 0 N–H and O–H groups in total. The third kappa shape index (κ3) is 4.33. The summed E-state index contributed by atoms with van der Waals surface area (Å²) in [4.78, 5) is 19.7. The highest BCUT2D eigenvalue weighted by molar-refractivity contribution is 5.80. The molecule has 2 aromatic carbocycles. The first-order valence-corrected chi connectivity index (χ1v) is 10.8. The van der Waals surface area contributed by atoms with Gasteiger partial charge in [-0.3, -0.25) is 9.78 Å². The predicted octanol–water partition coefficient (Wildman–Crippen LogP) is 3.82. The van der Waals surface area contributed by atoms with Gasteiger partial charge in [-0.05, 0) is 48.6 Å². The maximum atomic E-state index is 13.0. The minimum absolute atomic E-state index is 0.0843. The molecular formula is C25H25N5O. The van der Waals surface area contributed by atoms with Gasteiger partial charge < -0.3 is 4.90 Å². The number of aromatic nitrogens is 4. The van der Waals surface area contributed by atoms with Crippen LogP contribution in [0, 0.1) is 0 Å². The Morgan fingerprint density at radius 2 is 1.81 bits per heavy atom. The molecule has 1 fully saturated rings. The van der Waals surface area contributed by atoms with Crippen molar-refractivity contribution < 1.29 is 4.79 Å². The zero-order valence-corrected chi connectivity index (χ0v) is 17.4. The first kappa shape index (κ1) is 19.4. The van der Waals surface area contributed by atoms with E-state index in [0.717, 1.165) is 42.5 Å². The molecule has 1 atom stereocenters. The van der Waals surface area contributed by atoms with Crippen LogP contribution >= 0.6 is 0 Å². The van der Waals surface area contributed by atoms with Crippen LogP contribution in [0.4, 0.5) is 0 Å². The number of para-hydroxylation sites is 1. The van der Waals surface area contributed by atoms with Gasteiger partial charge in [-0.1, -0.05) is 53.7 Å². The fourth-order valence-corrected chi connectivity index (χ4v) is 4.32. The molecule has 6 heteroatoms.